The van der Waals surface area contributed by atoms with E-state index in [0.29, 0.717) is 6.54 Å². The predicted molar refractivity (Wildman–Crippen MR) is 74.3 cm³/mol. The van der Waals surface area contributed by atoms with Crippen LogP contribution in [-0.2, 0) is 9.59 Å². The summed E-state index contributed by atoms with van der Waals surface area (Å²) in [5, 5.41) is 14.1. The molecule has 19 heavy (non-hydrogen) atoms. The van der Waals surface area contributed by atoms with Crippen LogP contribution in [-0.4, -0.2) is 42.7 Å². The zero-order valence-electron chi connectivity index (χ0n) is 12.1. The third kappa shape index (κ3) is 8.56. The van der Waals surface area contributed by atoms with Crippen LogP contribution in [0.15, 0.2) is 0 Å². The van der Waals surface area contributed by atoms with Gasteiger partial charge >= 0.3 is 0 Å². The van der Waals surface area contributed by atoms with Crippen molar-refractivity contribution in [3.8, 4) is 0 Å². The Hall–Kier alpha value is -1.14. The van der Waals surface area contributed by atoms with Crippen molar-refractivity contribution >= 4 is 11.8 Å². The average Bonchev–Trinajstić information content (AvgIpc) is 2.39. The van der Waals surface area contributed by atoms with Crippen LogP contribution in [0.1, 0.15) is 33.6 Å². The monoisotopic (exact) mass is 273 g/mol. The van der Waals surface area contributed by atoms with Gasteiger partial charge in [-0.25, -0.2) is 0 Å². The summed E-state index contributed by atoms with van der Waals surface area (Å²) < 4.78 is 0. The van der Waals surface area contributed by atoms with Crippen molar-refractivity contribution in [3.05, 3.63) is 0 Å². The van der Waals surface area contributed by atoms with Gasteiger partial charge in [-0.05, 0) is 24.7 Å². The van der Waals surface area contributed by atoms with Crippen LogP contribution in [0.2, 0.25) is 0 Å². The zero-order chi connectivity index (χ0) is 14.8. The molecule has 0 spiro atoms. The van der Waals surface area contributed by atoms with Gasteiger partial charge in [0.05, 0.1) is 12.6 Å². The van der Waals surface area contributed by atoms with Gasteiger partial charge in [-0.15, -0.1) is 0 Å². The molecule has 0 aliphatic carbocycles. The van der Waals surface area contributed by atoms with Crippen molar-refractivity contribution in [1.82, 2.24) is 10.6 Å². The molecule has 0 aromatic rings. The summed E-state index contributed by atoms with van der Waals surface area (Å²) in [5.41, 5.74) is 5.65. The largest absolute Gasteiger partial charge is 0.396 e. The number of carbonyl (C=O) groups is 2. The second-order valence-corrected chi connectivity index (χ2v) is 5.27. The molecule has 6 heteroatoms. The lowest BCUT2D eigenvalue weighted by atomic mass is 10.1. The number of aliphatic hydroxyl groups excluding tert-OH is 1. The van der Waals surface area contributed by atoms with Gasteiger partial charge in [0.15, 0.2) is 0 Å². The molecular weight excluding hydrogens is 246 g/mol. The number of nitrogens with one attached hydrogen (secondary N) is 2. The average molecular weight is 273 g/mol. The van der Waals surface area contributed by atoms with E-state index in [1.54, 1.807) is 0 Å². The lowest BCUT2D eigenvalue weighted by molar-refractivity contribution is -0.127. The molecule has 0 rings (SSSR count). The van der Waals surface area contributed by atoms with Crippen LogP contribution in [0.5, 0.6) is 0 Å². The highest BCUT2D eigenvalue weighted by Gasteiger charge is 2.17. The van der Waals surface area contributed by atoms with E-state index in [9.17, 15) is 9.59 Å². The van der Waals surface area contributed by atoms with Crippen molar-refractivity contribution in [2.75, 3.05) is 19.7 Å². The molecule has 0 aliphatic rings. The first-order chi connectivity index (χ1) is 8.88. The molecule has 1 unspecified atom stereocenters. The Morgan fingerprint density at radius 1 is 1.21 bits per heavy atom. The van der Waals surface area contributed by atoms with Gasteiger partial charge < -0.3 is 21.5 Å². The smallest absolute Gasteiger partial charge is 0.239 e. The van der Waals surface area contributed by atoms with E-state index >= 15 is 0 Å². The Morgan fingerprint density at radius 3 is 2.37 bits per heavy atom. The van der Waals surface area contributed by atoms with Crippen molar-refractivity contribution in [1.29, 1.82) is 0 Å². The second kappa shape index (κ2) is 9.75. The standard InChI is InChI=1S/C13H27N3O3/c1-9(2)12(14)13(19)16-7-11(18)15-6-4-5-10(3)8-17/h9-10,12,17H,4-8,14H2,1-3H3,(H,15,18)(H,16,19)/t10?,12-/m0/s1. The van der Waals surface area contributed by atoms with Crippen LogP contribution in [0, 0.1) is 11.8 Å². The van der Waals surface area contributed by atoms with Crippen LogP contribution in [0.25, 0.3) is 0 Å². The maximum atomic E-state index is 11.5. The molecule has 112 valence electrons. The molecule has 0 aromatic carbocycles. The van der Waals surface area contributed by atoms with E-state index in [1.165, 1.54) is 0 Å². The van der Waals surface area contributed by atoms with Gasteiger partial charge in [0, 0.05) is 13.2 Å². The number of nitrogens with two attached hydrogens (primary N) is 1. The lowest BCUT2D eigenvalue weighted by Crippen LogP contribution is -2.47. The molecule has 6 nitrogen and oxygen atoms in total. The first-order valence-corrected chi connectivity index (χ1v) is 6.79. The predicted octanol–water partition coefficient (Wildman–Crippen LogP) is -0.389. The Kier molecular flexibility index (Phi) is 9.16. The normalized spacial score (nSPS) is 14.0. The van der Waals surface area contributed by atoms with Crippen molar-refractivity contribution in [2.45, 2.75) is 39.7 Å². The minimum atomic E-state index is -0.585. The van der Waals surface area contributed by atoms with Gasteiger partial charge in [-0.2, -0.15) is 0 Å². The van der Waals surface area contributed by atoms with Gasteiger partial charge in [0.25, 0.3) is 0 Å². The van der Waals surface area contributed by atoms with E-state index in [-0.39, 0.29) is 36.8 Å². The molecule has 0 fully saturated rings. The Bertz CT molecular complexity index is 282. The first-order valence-electron chi connectivity index (χ1n) is 6.79. The number of rotatable bonds is 9. The number of amides is 2. The third-order valence-corrected chi connectivity index (χ3v) is 2.95. The molecule has 0 bridgehead atoms. The third-order valence-electron chi connectivity index (χ3n) is 2.95. The highest BCUT2D eigenvalue weighted by molar-refractivity contribution is 5.87. The summed E-state index contributed by atoms with van der Waals surface area (Å²) >= 11 is 0. The fourth-order valence-corrected chi connectivity index (χ4v) is 1.42. The van der Waals surface area contributed by atoms with E-state index in [4.69, 9.17) is 10.8 Å². The highest BCUT2D eigenvalue weighted by atomic mass is 16.3. The molecule has 0 aliphatic heterocycles. The van der Waals surface area contributed by atoms with Crippen molar-refractivity contribution in [2.24, 2.45) is 17.6 Å². The molecule has 2 atom stereocenters. The SMILES string of the molecule is CC(CO)CCCNC(=O)CNC(=O)[C@@H](N)C(C)C. The topological polar surface area (TPSA) is 104 Å². The summed E-state index contributed by atoms with van der Waals surface area (Å²) in [6, 6.07) is -0.585. The van der Waals surface area contributed by atoms with Crippen LogP contribution in [0.4, 0.5) is 0 Å². The number of aliphatic hydroxyl groups is 1. The Balaban J connectivity index is 3.68. The van der Waals surface area contributed by atoms with E-state index in [0.717, 1.165) is 12.8 Å². The molecule has 2 amide bonds. The number of hydrogen-bond donors (Lipinski definition) is 4. The number of carbonyl (C=O) groups excluding carboxylic acids is 2. The van der Waals surface area contributed by atoms with Crippen molar-refractivity contribution in [3.63, 3.8) is 0 Å². The van der Waals surface area contributed by atoms with E-state index in [2.05, 4.69) is 10.6 Å². The number of hydrogen-bond acceptors (Lipinski definition) is 4. The van der Waals surface area contributed by atoms with Crippen LogP contribution >= 0.6 is 0 Å². The minimum absolute atomic E-state index is 0.0445. The van der Waals surface area contributed by atoms with Crippen LogP contribution in [0.3, 0.4) is 0 Å². The fraction of sp³-hybridized carbons (Fsp3) is 0.846. The molecule has 0 heterocycles. The summed E-state index contributed by atoms with van der Waals surface area (Å²) in [6.07, 6.45) is 1.67. The minimum Gasteiger partial charge on any atom is -0.396 e. The molecular formula is C13H27N3O3. The van der Waals surface area contributed by atoms with Gasteiger partial charge in [-0.1, -0.05) is 20.8 Å². The summed E-state index contributed by atoms with van der Waals surface area (Å²) in [7, 11) is 0. The summed E-state index contributed by atoms with van der Waals surface area (Å²) in [4.78, 5) is 22.9. The van der Waals surface area contributed by atoms with Crippen molar-refractivity contribution < 1.29 is 14.7 Å². The summed E-state index contributed by atoms with van der Waals surface area (Å²) in [6.45, 7) is 6.33. The van der Waals surface area contributed by atoms with E-state index in [1.807, 2.05) is 20.8 Å². The molecule has 0 aromatic heterocycles. The Labute approximate surface area is 115 Å². The zero-order valence-corrected chi connectivity index (χ0v) is 12.1. The molecule has 5 N–H and O–H groups in total. The lowest BCUT2D eigenvalue weighted by Gasteiger charge is -2.15. The highest BCUT2D eigenvalue weighted by Crippen LogP contribution is 2.02. The van der Waals surface area contributed by atoms with Gasteiger partial charge in [-0.3, -0.25) is 9.59 Å². The fourth-order valence-electron chi connectivity index (χ4n) is 1.42. The van der Waals surface area contributed by atoms with Gasteiger partial charge in [0.2, 0.25) is 11.8 Å². The molecule has 0 saturated carbocycles. The van der Waals surface area contributed by atoms with Crippen LogP contribution < -0.4 is 16.4 Å². The first kappa shape index (κ1) is 17.9. The van der Waals surface area contributed by atoms with Gasteiger partial charge in [0.1, 0.15) is 0 Å². The van der Waals surface area contributed by atoms with E-state index < -0.39 is 6.04 Å². The quantitative estimate of drug-likeness (QED) is 0.429. The molecule has 0 radical (unpaired) electrons. The second-order valence-electron chi connectivity index (χ2n) is 5.27. The maximum Gasteiger partial charge on any atom is 0.239 e. The molecule has 0 saturated heterocycles. The summed E-state index contributed by atoms with van der Waals surface area (Å²) in [5.74, 6) is -0.233. The maximum absolute atomic E-state index is 11.5. The Morgan fingerprint density at radius 2 is 1.84 bits per heavy atom.